The first-order valence-corrected chi connectivity index (χ1v) is 11.5. The van der Waals surface area contributed by atoms with E-state index in [9.17, 15) is 19.5 Å². The summed E-state index contributed by atoms with van der Waals surface area (Å²) in [4.78, 5) is 45.3. The zero-order valence-corrected chi connectivity index (χ0v) is 19.6. The molecule has 0 unspecified atom stereocenters. The number of carbonyl (C=O) groups is 2. The van der Waals surface area contributed by atoms with E-state index in [4.69, 9.17) is 4.74 Å². The summed E-state index contributed by atoms with van der Waals surface area (Å²) in [6, 6.07) is 18.6. The van der Waals surface area contributed by atoms with E-state index in [0.717, 1.165) is 5.39 Å². The number of H-pyrrole nitrogens is 1. The summed E-state index contributed by atoms with van der Waals surface area (Å²) in [5.41, 5.74) is 0.717. The molecule has 10 heteroatoms. The Morgan fingerprint density at radius 3 is 2.54 bits per heavy atom. The van der Waals surface area contributed by atoms with Crippen LogP contribution in [0.5, 0.6) is 11.6 Å². The number of aromatic nitrogens is 3. The zero-order chi connectivity index (χ0) is 25.7. The van der Waals surface area contributed by atoms with Crippen molar-refractivity contribution in [1.29, 1.82) is 0 Å². The summed E-state index contributed by atoms with van der Waals surface area (Å²) in [6.07, 6.45) is 1.70. The van der Waals surface area contributed by atoms with Crippen molar-refractivity contribution in [2.75, 3.05) is 7.11 Å². The lowest BCUT2D eigenvalue weighted by atomic mass is 9.88. The number of benzene rings is 3. The molecule has 4 N–H and O–H groups in total. The average molecular weight is 495 g/mol. The lowest BCUT2D eigenvalue weighted by Gasteiger charge is -2.27. The minimum atomic E-state index is -1.49. The van der Waals surface area contributed by atoms with Crippen LogP contribution in [0.15, 0.2) is 77.7 Å². The molecule has 10 nitrogen and oxygen atoms in total. The SMILES string of the molecule is COc1ccc2cn(C[C@@]3(c4ccc(-c5nc6ccccc6[nH]c5=O)cc4)NC(=O)NC3=O)c(O)c2c1. The van der Waals surface area contributed by atoms with Crippen LogP contribution < -0.4 is 20.9 Å². The molecule has 6 rings (SSSR count). The molecule has 37 heavy (non-hydrogen) atoms. The molecule has 3 amide bonds. The summed E-state index contributed by atoms with van der Waals surface area (Å²) in [7, 11) is 1.54. The predicted molar refractivity (Wildman–Crippen MR) is 136 cm³/mol. The second kappa shape index (κ2) is 8.23. The number of aromatic amines is 1. The topological polar surface area (TPSA) is 138 Å². The number of methoxy groups -OCH3 is 1. The number of nitrogens with one attached hydrogen (secondary N) is 3. The smallest absolute Gasteiger partial charge is 0.322 e. The van der Waals surface area contributed by atoms with Gasteiger partial charge in [0, 0.05) is 22.5 Å². The van der Waals surface area contributed by atoms with Gasteiger partial charge in [0.25, 0.3) is 11.5 Å². The zero-order valence-electron chi connectivity index (χ0n) is 19.6. The minimum absolute atomic E-state index is 0.0641. The van der Waals surface area contributed by atoms with Crippen molar-refractivity contribution in [2.24, 2.45) is 0 Å². The Bertz CT molecular complexity index is 1770. The molecule has 0 radical (unpaired) electrons. The highest BCUT2D eigenvalue weighted by Crippen LogP contribution is 2.35. The van der Waals surface area contributed by atoms with Gasteiger partial charge in [-0.25, -0.2) is 9.78 Å². The van der Waals surface area contributed by atoms with Crippen LogP contribution in [0.1, 0.15) is 5.56 Å². The van der Waals surface area contributed by atoms with Gasteiger partial charge in [-0.15, -0.1) is 0 Å². The number of hydrogen-bond acceptors (Lipinski definition) is 6. The first kappa shape index (κ1) is 22.4. The maximum absolute atomic E-state index is 13.1. The normalized spacial score (nSPS) is 17.2. The summed E-state index contributed by atoms with van der Waals surface area (Å²) in [6.45, 7) is -0.0679. The van der Waals surface area contributed by atoms with Gasteiger partial charge in [0.2, 0.25) is 0 Å². The van der Waals surface area contributed by atoms with Gasteiger partial charge in [-0.3, -0.25) is 14.9 Å². The van der Waals surface area contributed by atoms with Crippen molar-refractivity contribution in [3.8, 4) is 22.9 Å². The van der Waals surface area contributed by atoms with Crippen molar-refractivity contribution in [2.45, 2.75) is 12.1 Å². The molecule has 0 saturated carbocycles. The van der Waals surface area contributed by atoms with E-state index >= 15 is 0 Å². The van der Waals surface area contributed by atoms with Crippen LogP contribution in [0.2, 0.25) is 0 Å². The van der Waals surface area contributed by atoms with Crippen molar-refractivity contribution < 1.29 is 19.4 Å². The van der Waals surface area contributed by atoms with Crippen molar-refractivity contribution >= 4 is 33.7 Å². The van der Waals surface area contributed by atoms with Crippen LogP contribution >= 0.6 is 0 Å². The third-order valence-electron chi connectivity index (χ3n) is 6.67. The van der Waals surface area contributed by atoms with Gasteiger partial charge in [-0.2, -0.15) is 0 Å². The first-order chi connectivity index (χ1) is 17.9. The number of imide groups is 1. The number of nitrogens with zero attached hydrogens (tertiary/aromatic N) is 2. The Balaban J connectivity index is 1.41. The highest BCUT2D eigenvalue weighted by atomic mass is 16.5. The largest absolute Gasteiger partial charge is 0.497 e. The van der Waals surface area contributed by atoms with E-state index in [2.05, 4.69) is 20.6 Å². The molecule has 0 aliphatic carbocycles. The Hall–Kier alpha value is -5.12. The first-order valence-electron chi connectivity index (χ1n) is 11.5. The number of aromatic hydroxyl groups is 1. The number of para-hydroxylation sites is 2. The molecular formula is C27H21N5O5. The number of fused-ring (bicyclic) bond motifs is 2. The number of rotatable bonds is 5. The van der Waals surface area contributed by atoms with Crippen LogP contribution in [0.25, 0.3) is 33.1 Å². The van der Waals surface area contributed by atoms with Crippen molar-refractivity contribution in [1.82, 2.24) is 25.2 Å². The average Bonchev–Trinajstić information content (AvgIpc) is 3.37. The molecular weight excluding hydrogens is 474 g/mol. The number of amides is 3. The van der Waals surface area contributed by atoms with Gasteiger partial charge in [0.1, 0.15) is 11.4 Å². The molecule has 1 fully saturated rings. The minimum Gasteiger partial charge on any atom is -0.497 e. The molecule has 3 aromatic carbocycles. The number of hydrogen-bond donors (Lipinski definition) is 4. The highest BCUT2D eigenvalue weighted by Gasteiger charge is 2.48. The van der Waals surface area contributed by atoms with Crippen LogP contribution in [0, 0.1) is 0 Å². The van der Waals surface area contributed by atoms with Gasteiger partial charge in [0.05, 0.1) is 24.7 Å². The summed E-state index contributed by atoms with van der Waals surface area (Å²) >= 11 is 0. The molecule has 2 aromatic heterocycles. The van der Waals surface area contributed by atoms with Crippen molar-refractivity contribution in [3.63, 3.8) is 0 Å². The van der Waals surface area contributed by atoms with E-state index in [0.29, 0.717) is 33.3 Å². The van der Waals surface area contributed by atoms with Crippen LogP contribution in [-0.4, -0.2) is 38.7 Å². The van der Waals surface area contributed by atoms with E-state index in [1.54, 1.807) is 60.8 Å². The monoisotopic (exact) mass is 495 g/mol. The molecule has 1 atom stereocenters. The van der Waals surface area contributed by atoms with Crippen LogP contribution in [0.3, 0.4) is 0 Å². The molecule has 5 aromatic rings. The van der Waals surface area contributed by atoms with E-state index in [1.807, 2.05) is 12.1 Å². The Kier molecular flexibility index (Phi) is 4.97. The fourth-order valence-electron chi connectivity index (χ4n) is 4.76. The van der Waals surface area contributed by atoms with Crippen LogP contribution in [0.4, 0.5) is 4.79 Å². The Morgan fingerprint density at radius 2 is 1.81 bits per heavy atom. The maximum Gasteiger partial charge on any atom is 0.322 e. The van der Waals surface area contributed by atoms with Crippen LogP contribution in [-0.2, 0) is 16.9 Å². The fourth-order valence-corrected chi connectivity index (χ4v) is 4.76. The standard InChI is InChI=1S/C27H21N5O5/c1-37-18-11-8-16-13-32(24(34)19(16)12-18)14-27(25(35)30-26(36)31-27)17-9-6-15(7-10-17)22-23(33)29-21-5-3-2-4-20(21)28-22/h2-13,34H,14H2,1H3,(H,29,33)(H2,30,31,35,36)/t27-/m0/s1. The molecule has 0 bridgehead atoms. The third kappa shape index (κ3) is 3.57. The Labute approximate surface area is 209 Å². The van der Waals surface area contributed by atoms with Gasteiger partial charge < -0.3 is 24.7 Å². The van der Waals surface area contributed by atoms with E-state index in [-0.39, 0.29) is 23.7 Å². The molecule has 0 spiro atoms. The van der Waals surface area contributed by atoms with Crippen molar-refractivity contribution in [3.05, 3.63) is 88.8 Å². The molecule has 1 aliphatic rings. The second-order valence-electron chi connectivity index (χ2n) is 8.86. The molecule has 1 saturated heterocycles. The van der Waals surface area contributed by atoms with Gasteiger partial charge in [-0.1, -0.05) is 36.4 Å². The number of carbonyl (C=O) groups excluding carboxylic acids is 2. The summed E-state index contributed by atoms with van der Waals surface area (Å²) < 4.78 is 6.76. The molecule has 3 heterocycles. The lowest BCUT2D eigenvalue weighted by Crippen LogP contribution is -2.47. The maximum atomic E-state index is 13.1. The fraction of sp³-hybridized carbons (Fsp3) is 0.111. The van der Waals surface area contributed by atoms with Gasteiger partial charge in [0.15, 0.2) is 11.4 Å². The summed E-state index contributed by atoms with van der Waals surface area (Å²) in [5, 5.41) is 17.2. The predicted octanol–water partition coefficient (Wildman–Crippen LogP) is 2.99. The molecule has 184 valence electrons. The van der Waals surface area contributed by atoms with Gasteiger partial charge >= 0.3 is 6.03 Å². The number of ether oxygens (including phenoxy) is 1. The Morgan fingerprint density at radius 1 is 1.03 bits per heavy atom. The highest BCUT2D eigenvalue weighted by molar-refractivity contribution is 6.07. The number of urea groups is 1. The third-order valence-corrected chi connectivity index (χ3v) is 6.67. The van der Waals surface area contributed by atoms with Gasteiger partial charge in [-0.05, 0) is 35.9 Å². The van der Waals surface area contributed by atoms with E-state index < -0.39 is 17.5 Å². The second-order valence-corrected chi connectivity index (χ2v) is 8.86. The quantitative estimate of drug-likeness (QED) is 0.277. The summed E-state index contributed by atoms with van der Waals surface area (Å²) in [5.74, 6) is -0.0394. The lowest BCUT2D eigenvalue weighted by molar-refractivity contribution is -0.124. The van der Waals surface area contributed by atoms with E-state index in [1.165, 1.54) is 11.7 Å². The molecule has 1 aliphatic heterocycles.